The van der Waals surface area contributed by atoms with Crippen molar-refractivity contribution in [3.05, 3.63) is 143 Å². The molecule has 5 rings (SSSR count). The normalized spacial score (nSPS) is 15.4. The molecule has 1 aliphatic heterocycles. The molecule has 1 aliphatic rings. The van der Waals surface area contributed by atoms with E-state index in [1.165, 1.54) is 0 Å². The van der Waals surface area contributed by atoms with Gasteiger partial charge in [0.1, 0.15) is 0 Å². The van der Waals surface area contributed by atoms with E-state index < -0.39 is 10.0 Å². The van der Waals surface area contributed by atoms with Gasteiger partial charge in [0, 0.05) is 5.57 Å². The number of sulfonamides is 1. The van der Waals surface area contributed by atoms with E-state index in [4.69, 9.17) is 0 Å². The van der Waals surface area contributed by atoms with Crippen molar-refractivity contribution in [3.8, 4) is 0 Å². The highest BCUT2D eigenvalue weighted by atomic mass is 32.2. The van der Waals surface area contributed by atoms with E-state index in [0.29, 0.717) is 10.6 Å². The van der Waals surface area contributed by atoms with Gasteiger partial charge in [-0.3, -0.25) is 4.31 Å². The molecule has 1 heterocycles. The largest absolute Gasteiger partial charge is 0.264 e. The van der Waals surface area contributed by atoms with Crippen LogP contribution in [-0.2, 0) is 10.0 Å². The molecular formula is C31H27NO2S. The third-order valence-corrected chi connectivity index (χ3v) is 8.23. The van der Waals surface area contributed by atoms with Crippen molar-refractivity contribution < 1.29 is 8.42 Å². The summed E-state index contributed by atoms with van der Waals surface area (Å²) >= 11 is 0. The molecule has 0 fully saturated rings. The van der Waals surface area contributed by atoms with E-state index >= 15 is 0 Å². The van der Waals surface area contributed by atoms with Crippen LogP contribution in [0.3, 0.4) is 0 Å². The predicted molar refractivity (Wildman–Crippen MR) is 144 cm³/mol. The Kier molecular flexibility index (Phi) is 6.14. The highest BCUT2D eigenvalue weighted by Crippen LogP contribution is 2.46. The topological polar surface area (TPSA) is 37.4 Å². The zero-order valence-electron chi connectivity index (χ0n) is 19.8. The van der Waals surface area contributed by atoms with Crippen LogP contribution in [0.15, 0.2) is 126 Å². The minimum Gasteiger partial charge on any atom is -0.261 e. The van der Waals surface area contributed by atoms with Gasteiger partial charge in [0.05, 0.1) is 17.1 Å². The van der Waals surface area contributed by atoms with Crippen LogP contribution in [0.5, 0.6) is 0 Å². The number of benzene rings is 4. The zero-order valence-corrected chi connectivity index (χ0v) is 20.7. The molecule has 0 amide bonds. The summed E-state index contributed by atoms with van der Waals surface area (Å²) in [7, 11) is -3.80. The fraction of sp³-hybridized carbons (Fsp3) is 0.0968. The number of nitrogens with zero attached hydrogens (tertiary/aromatic N) is 1. The molecule has 0 saturated carbocycles. The molecule has 0 aromatic heterocycles. The molecule has 0 aliphatic carbocycles. The minimum absolute atomic E-state index is 0.269. The van der Waals surface area contributed by atoms with E-state index in [-0.39, 0.29) is 6.54 Å². The summed E-state index contributed by atoms with van der Waals surface area (Å²) in [6.07, 6.45) is 0. The highest BCUT2D eigenvalue weighted by Gasteiger charge is 2.37. The van der Waals surface area contributed by atoms with Gasteiger partial charge in [0.2, 0.25) is 0 Å². The second-order valence-electron chi connectivity index (χ2n) is 8.75. The number of rotatable bonds is 5. The summed E-state index contributed by atoms with van der Waals surface area (Å²) in [6, 6.07) is 37.2. The van der Waals surface area contributed by atoms with Gasteiger partial charge in [-0.2, -0.15) is 0 Å². The van der Waals surface area contributed by atoms with Crippen LogP contribution < -0.4 is 0 Å². The first kappa shape index (κ1) is 22.9. The maximum atomic E-state index is 14.1. The molecule has 4 aromatic rings. The summed E-state index contributed by atoms with van der Waals surface area (Å²) < 4.78 is 29.7. The molecule has 4 aromatic carbocycles. The second-order valence-corrected chi connectivity index (χ2v) is 10.6. The molecule has 0 saturated heterocycles. The van der Waals surface area contributed by atoms with E-state index in [0.717, 1.165) is 39.0 Å². The van der Waals surface area contributed by atoms with Crippen molar-refractivity contribution >= 4 is 26.9 Å². The van der Waals surface area contributed by atoms with Gasteiger partial charge >= 0.3 is 0 Å². The van der Waals surface area contributed by atoms with Crippen molar-refractivity contribution in [1.82, 2.24) is 4.31 Å². The molecule has 0 N–H and O–H groups in total. The summed E-state index contributed by atoms with van der Waals surface area (Å²) in [5.41, 5.74) is 7.72. The molecular weight excluding hydrogens is 450 g/mol. The summed E-state index contributed by atoms with van der Waals surface area (Å²) in [5, 5.41) is 0. The Morgan fingerprint density at radius 3 is 1.77 bits per heavy atom. The lowest BCUT2D eigenvalue weighted by molar-refractivity contribution is 0.535. The Balaban J connectivity index is 1.82. The van der Waals surface area contributed by atoms with Crippen molar-refractivity contribution in [3.63, 3.8) is 0 Å². The molecule has 0 radical (unpaired) electrons. The van der Waals surface area contributed by atoms with Gasteiger partial charge in [-0.1, -0.05) is 109 Å². The maximum Gasteiger partial charge on any atom is 0.264 e. The number of aryl methyl sites for hydroxylation is 1. The molecule has 174 valence electrons. The fourth-order valence-electron chi connectivity index (χ4n) is 4.58. The Morgan fingerprint density at radius 2 is 1.20 bits per heavy atom. The number of hydrogen-bond donors (Lipinski definition) is 0. The predicted octanol–water partition coefficient (Wildman–Crippen LogP) is 7.04. The molecule has 0 atom stereocenters. The van der Waals surface area contributed by atoms with Crippen LogP contribution in [0.1, 0.15) is 29.2 Å². The number of hydrogen-bond acceptors (Lipinski definition) is 2. The van der Waals surface area contributed by atoms with Crippen LogP contribution in [0.4, 0.5) is 0 Å². The fourth-order valence-corrected chi connectivity index (χ4v) is 6.05. The lowest BCUT2D eigenvalue weighted by Crippen LogP contribution is -2.28. The van der Waals surface area contributed by atoms with Gasteiger partial charge in [-0.25, -0.2) is 8.42 Å². The standard InChI is InChI=1S/C31H27NO2S/c1-23-18-20-28(21-19-23)35(33,34)32-22-29(24(2)25-12-6-3-7-13-25)30(26-14-8-4-9-15-26)31(32)27-16-10-5-11-17-27/h3-21H,22H2,1-2H3/b29-24+. The maximum absolute atomic E-state index is 14.1. The number of allylic oxidation sites excluding steroid dienone is 1. The average molecular weight is 478 g/mol. The van der Waals surface area contributed by atoms with E-state index in [2.05, 4.69) is 31.2 Å². The molecule has 0 bridgehead atoms. The van der Waals surface area contributed by atoms with Gasteiger partial charge in [-0.15, -0.1) is 0 Å². The molecule has 0 spiro atoms. The smallest absolute Gasteiger partial charge is 0.261 e. The summed E-state index contributed by atoms with van der Waals surface area (Å²) in [4.78, 5) is 0.294. The Labute approximate surface area is 207 Å². The Bertz CT molecular complexity index is 1500. The molecule has 4 heteroatoms. The Morgan fingerprint density at radius 1 is 0.686 bits per heavy atom. The lowest BCUT2D eigenvalue weighted by Gasteiger charge is -2.23. The van der Waals surface area contributed by atoms with Crippen LogP contribution in [-0.4, -0.2) is 19.3 Å². The quantitative estimate of drug-likeness (QED) is 0.309. The van der Waals surface area contributed by atoms with Crippen molar-refractivity contribution in [1.29, 1.82) is 0 Å². The van der Waals surface area contributed by atoms with Gasteiger partial charge in [0.25, 0.3) is 10.0 Å². The zero-order chi connectivity index (χ0) is 24.4. The van der Waals surface area contributed by atoms with Crippen LogP contribution >= 0.6 is 0 Å². The van der Waals surface area contributed by atoms with Gasteiger partial charge < -0.3 is 0 Å². The van der Waals surface area contributed by atoms with Gasteiger partial charge in [-0.05, 0) is 53.8 Å². The van der Waals surface area contributed by atoms with Crippen LogP contribution in [0, 0.1) is 6.92 Å². The van der Waals surface area contributed by atoms with Crippen molar-refractivity contribution in [2.24, 2.45) is 0 Å². The van der Waals surface area contributed by atoms with Crippen molar-refractivity contribution in [2.75, 3.05) is 6.54 Å². The van der Waals surface area contributed by atoms with Gasteiger partial charge in [0.15, 0.2) is 0 Å². The first-order valence-corrected chi connectivity index (χ1v) is 13.1. The molecule has 0 unspecified atom stereocenters. The lowest BCUT2D eigenvalue weighted by atomic mass is 9.91. The highest BCUT2D eigenvalue weighted by molar-refractivity contribution is 7.89. The van der Waals surface area contributed by atoms with Crippen LogP contribution in [0.2, 0.25) is 0 Å². The second kappa shape index (κ2) is 9.40. The third-order valence-electron chi connectivity index (χ3n) is 6.47. The first-order chi connectivity index (χ1) is 17.0. The molecule has 35 heavy (non-hydrogen) atoms. The minimum atomic E-state index is -3.80. The Hall–Kier alpha value is -3.89. The first-order valence-electron chi connectivity index (χ1n) is 11.7. The van der Waals surface area contributed by atoms with Crippen molar-refractivity contribution in [2.45, 2.75) is 18.7 Å². The van der Waals surface area contributed by atoms with E-state index in [9.17, 15) is 8.42 Å². The summed E-state index contributed by atoms with van der Waals surface area (Å²) in [6.45, 7) is 4.31. The summed E-state index contributed by atoms with van der Waals surface area (Å²) in [5.74, 6) is 0. The monoisotopic (exact) mass is 477 g/mol. The van der Waals surface area contributed by atoms with Crippen LogP contribution in [0.25, 0.3) is 16.8 Å². The average Bonchev–Trinajstić information content (AvgIpc) is 3.32. The third kappa shape index (κ3) is 4.33. The molecule has 3 nitrogen and oxygen atoms in total. The van der Waals surface area contributed by atoms with E-state index in [1.54, 1.807) is 16.4 Å². The van der Waals surface area contributed by atoms with E-state index in [1.807, 2.05) is 85.8 Å². The SMILES string of the molecule is C/C(=C1/CN(S(=O)(=O)c2ccc(C)cc2)C(c2ccccc2)=C1c1ccccc1)c1ccccc1.